The highest BCUT2D eigenvalue weighted by Crippen LogP contribution is 2.33. The van der Waals surface area contributed by atoms with E-state index in [-0.39, 0.29) is 17.7 Å². The van der Waals surface area contributed by atoms with Crippen molar-refractivity contribution in [2.45, 2.75) is 30.1 Å². The number of aromatic nitrogens is 1. The lowest BCUT2D eigenvalue weighted by Crippen LogP contribution is -2.38. The first kappa shape index (κ1) is 22.9. The third-order valence-electron chi connectivity index (χ3n) is 7.10. The van der Waals surface area contributed by atoms with E-state index in [1.807, 2.05) is 76.5 Å². The van der Waals surface area contributed by atoms with Crippen molar-refractivity contribution in [1.29, 1.82) is 0 Å². The number of anilines is 1. The fourth-order valence-corrected chi connectivity index (χ4v) is 6.07. The van der Waals surface area contributed by atoms with Gasteiger partial charge in [0, 0.05) is 36.1 Å². The Morgan fingerprint density at radius 1 is 0.917 bits per heavy atom. The van der Waals surface area contributed by atoms with Crippen LogP contribution >= 0.6 is 11.8 Å². The minimum atomic E-state index is 0.0214. The molecule has 0 unspecified atom stereocenters. The number of oxazole rings is 1. The third kappa shape index (κ3) is 4.39. The Morgan fingerprint density at radius 2 is 1.67 bits per heavy atom. The lowest BCUT2D eigenvalue weighted by Gasteiger charge is -2.31. The van der Waals surface area contributed by atoms with Gasteiger partial charge in [-0.15, -0.1) is 11.8 Å². The molecular weight excluding hydrogens is 470 g/mol. The third-order valence-corrected chi connectivity index (χ3v) is 8.16. The molecule has 0 saturated carbocycles. The van der Waals surface area contributed by atoms with Crippen LogP contribution in [0.4, 0.5) is 5.69 Å². The van der Waals surface area contributed by atoms with Crippen molar-refractivity contribution in [3.05, 3.63) is 89.8 Å². The summed E-state index contributed by atoms with van der Waals surface area (Å²) >= 11 is 1.45. The summed E-state index contributed by atoms with van der Waals surface area (Å²) in [5, 5.41) is 0. The van der Waals surface area contributed by atoms with E-state index >= 15 is 0 Å². The predicted octanol–water partition coefficient (Wildman–Crippen LogP) is 5.53. The summed E-state index contributed by atoms with van der Waals surface area (Å²) < 4.78 is 5.97. The lowest BCUT2D eigenvalue weighted by atomic mass is 9.96. The van der Waals surface area contributed by atoms with Gasteiger partial charge < -0.3 is 14.2 Å². The number of hydrogen-bond acceptors (Lipinski definition) is 5. The Bertz CT molecular complexity index is 1390. The first-order valence-electron chi connectivity index (χ1n) is 12.4. The van der Waals surface area contributed by atoms with Gasteiger partial charge in [-0.25, -0.2) is 4.98 Å². The molecule has 1 aromatic heterocycles. The van der Waals surface area contributed by atoms with Crippen LogP contribution in [0, 0.1) is 0 Å². The van der Waals surface area contributed by atoms with Gasteiger partial charge in [0.2, 0.25) is 5.91 Å². The topological polar surface area (TPSA) is 66.7 Å². The van der Waals surface area contributed by atoms with Crippen molar-refractivity contribution in [3.8, 4) is 0 Å². The van der Waals surface area contributed by atoms with Crippen molar-refractivity contribution in [2.75, 3.05) is 30.3 Å². The molecule has 0 spiro atoms. The first-order valence-corrected chi connectivity index (χ1v) is 13.4. The number of carbonyl (C=O) groups excluding carboxylic acids is 2. The minimum absolute atomic E-state index is 0.0214. The van der Waals surface area contributed by atoms with Crippen LogP contribution in [0.15, 0.2) is 82.1 Å². The van der Waals surface area contributed by atoms with Crippen molar-refractivity contribution in [2.24, 2.45) is 0 Å². The number of fused-ring (bicyclic) bond motifs is 2. The molecule has 2 amide bonds. The number of nitrogens with zero attached hydrogens (tertiary/aromatic N) is 3. The molecular formula is C29H27N3O3S. The Labute approximate surface area is 214 Å². The number of carbonyl (C=O) groups is 2. The summed E-state index contributed by atoms with van der Waals surface area (Å²) in [7, 11) is 0. The molecule has 0 radical (unpaired) electrons. The average Bonchev–Trinajstić information content (AvgIpc) is 3.56. The van der Waals surface area contributed by atoms with E-state index in [2.05, 4.69) is 11.1 Å². The number of benzene rings is 3. The molecule has 0 aliphatic carbocycles. The molecule has 0 atom stereocenters. The molecule has 2 aliphatic heterocycles. The fraction of sp³-hybridized carbons (Fsp3) is 0.276. The Balaban J connectivity index is 1.10. The van der Waals surface area contributed by atoms with Crippen LogP contribution < -0.4 is 4.90 Å². The van der Waals surface area contributed by atoms with Gasteiger partial charge in [-0.3, -0.25) is 9.59 Å². The normalized spacial score (nSPS) is 15.9. The van der Waals surface area contributed by atoms with Gasteiger partial charge in [0.1, 0.15) is 5.52 Å². The maximum absolute atomic E-state index is 13.4. The van der Waals surface area contributed by atoms with Crippen LogP contribution in [0.3, 0.4) is 0 Å². The van der Waals surface area contributed by atoms with Crippen molar-refractivity contribution in [1.82, 2.24) is 9.88 Å². The zero-order chi connectivity index (χ0) is 24.5. The highest BCUT2D eigenvalue weighted by molar-refractivity contribution is 8.00. The van der Waals surface area contributed by atoms with Crippen LogP contribution in [0.5, 0.6) is 0 Å². The Morgan fingerprint density at radius 3 is 2.53 bits per heavy atom. The second kappa shape index (κ2) is 9.82. The monoisotopic (exact) mass is 497 g/mol. The molecule has 0 N–H and O–H groups in total. The van der Waals surface area contributed by atoms with Crippen molar-refractivity contribution in [3.63, 3.8) is 0 Å². The van der Waals surface area contributed by atoms with E-state index in [0.717, 1.165) is 46.8 Å². The molecule has 4 aromatic rings. The van der Waals surface area contributed by atoms with Gasteiger partial charge in [-0.2, -0.15) is 0 Å². The standard InChI is InChI=1S/C29H27N3O3S/c33-27(32-18-15-20-7-1-4-10-24(20)32)19-36-26-12-6-2-8-22(26)29(34)31-16-13-21(14-17-31)28-30-23-9-3-5-11-25(23)35-28/h1-12,21H,13-19H2. The van der Waals surface area contributed by atoms with E-state index in [4.69, 9.17) is 4.42 Å². The van der Waals surface area contributed by atoms with Gasteiger partial charge >= 0.3 is 0 Å². The second-order valence-electron chi connectivity index (χ2n) is 9.30. The number of hydrogen-bond donors (Lipinski definition) is 0. The van der Waals surface area contributed by atoms with Crippen LogP contribution in [-0.2, 0) is 11.2 Å². The quantitative estimate of drug-likeness (QED) is 0.339. The van der Waals surface area contributed by atoms with Crippen molar-refractivity contribution >= 4 is 40.4 Å². The molecule has 6 rings (SSSR count). The van der Waals surface area contributed by atoms with Gasteiger partial charge in [0.15, 0.2) is 11.5 Å². The molecule has 3 aromatic carbocycles. The van der Waals surface area contributed by atoms with E-state index < -0.39 is 0 Å². The molecule has 182 valence electrons. The SMILES string of the molecule is O=C(c1ccccc1SCC(=O)N1CCc2ccccc21)N1CCC(c2nc3ccccc3o2)CC1. The number of likely N-dealkylation sites (tertiary alicyclic amines) is 1. The average molecular weight is 498 g/mol. The van der Waals surface area contributed by atoms with E-state index in [1.54, 1.807) is 0 Å². The van der Waals surface area contributed by atoms with Crippen LogP contribution in [0.25, 0.3) is 11.1 Å². The smallest absolute Gasteiger partial charge is 0.254 e. The number of para-hydroxylation sites is 3. The zero-order valence-corrected chi connectivity index (χ0v) is 20.7. The van der Waals surface area contributed by atoms with E-state index in [9.17, 15) is 9.59 Å². The molecule has 36 heavy (non-hydrogen) atoms. The van der Waals surface area contributed by atoms with Gasteiger partial charge in [0.25, 0.3) is 5.91 Å². The Hall–Kier alpha value is -3.58. The number of piperidine rings is 1. The van der Waals surface area contributed by atoms with Crippen LogP contribution in [0.2, 0.25) is 0 Å². The summed E-state index contributed by atoms with van der Waals surface area (Å²) in [6, 6.07) is 23.5. The zero-order valence-electron chi connectivity index (χ0n) is 19.9. The lowest BCUT2D eigenvalue weighted by molar-refractivity contribution is -0.116. The molecule has 1 saturated heterocycles. The fourth-order valence-electron chi connectivity index (χ4n) is 5.15. The number of amides is 2. The number of thioether (sulfide) groups is 1. The summed E-state index contributed by atoms with van der Waals surface area (Å²) in [6.07, 6.45) is 2.53. The summed E-state index contributed by atoms with van der Waals surface area (Å²) in [6.45, 7) is 2.03. The molecule has 7 heteroatoms. The van der Waals surface area contributed by atoms with Crippen molar-refractivity contribution < 1.29 is 14.0 Å². The number of rotatable bonds is 5. The molecule has 3 heterocycles. The van der Waals surface area contributed by atoms with Crippen LogP contribution in [-0.4, -0.2) is 47.1 Å². The van der Waals surface area contributed by atoms with Gasteiger partial charge in [-0.1, -0.05) is 42.5 Å². The summed E-state index contributed by atoms with van der Waals surface area (Å²) in [5.41, 5.74) is 4.58. The van der Waals surface area contributed by atoms with E-state index in [0.29, 0.717) is 31.0 Å². The second-order valence-corrected chi connectivity index (χ2v) is 10.3. The van der Waals surface area contributed by atoms with E-state index in [1.165, 1.54) is 17.3 Å². The van der Waals surface area contributed by atoms with Gasteiger partial charge in [-0.05, 0) is 55.2 Å². The first-order chi connectivity index (χ1) is 17.7. The van der Waals surface area contributed by atoms with Crippen LogP contribution in [0.1, 0.15) is 40.6 Å². The highest BCUT2D eigenvalue weighted by Gasteiger charge is 2.29. The predicted molar refractivity (Wildman–Crippen MR) is 142 cm³/mol. The summed E-state index contributed by atoms with van der Waals surface area (Å²) in [4.78, 5) is 35.7. The molecule has 2 aliphatic rings. The Kier molecular flexibility index (Phi) is 6.23. The minimum Gasteiger partial charge on any atom is -0.440 e. The maximum atomic E-state index is 13.4. The summed E-state index contributed by atoms with van der Waals surface area (Å²) in [5.74, 6) is 1.38. The molecule has 6 nitrogen and oxygen atoms in total. The molecule has 0 bridgehead atoms. The highest BCUT2D eigenvalue weighted by atomic mass is 32.2. The van der Waals surface area contributed by atoms with Gasteiger partial charge in [0.05, 0.1) is 11.3 Å². The molecule has 1 fully saturated rings. The maximum Gasteiger partial charge on any atom is 0.254 e. The largest absolute Gasteiger partial charge is 0.440 e.